The van der Waals surface area contributed by atoms with Gasteiger partial charge in [-0.15, -0.1) is 0 Å². The lowest BCUT2D eigenvalue weighted by Gasteiger charge is -2.35. The minimum Gasteiger partial charge on any atom is -0.481 e. The molecule has 0 aromatic carbocycles. The predicted octanol–water partition coefficient (Wildman–Crippen LogP) is -0.0347. The quantitative estimate of drug-likeness (QED) is 0.786. The Kier molecular flexibility index (Phi) is 3.58. The van der Waals surface area contributed by atoms with Crippen molar-refractivity contribution in [2.24, 2.45) is 0 Å². The van der Waals surface area contributed by atoms with Gasteiger partial charge in [0.15, 0.2) is 0 Å². The van der Waals surface area contributed by atoms with Crippen molar-refractivity contribution in [3.63, 3.8) is 0 Å². The molecule has 1 aromatic heterocycles. The lowest BCUT2D eigenvalue weighted by molar-refractivity contribution is 0.00578. The third kappa shape index (κ3) is 2.45. The van der Waals surface area contributed by atoms with Crippen molar-refractivity contribution in [1.82, 2.24) is 9.97 Å². The molecule has 2 aliphatic heterocycles. The lowest BCUT2D eigenvalue weighted by Crippen LogP contribution is -2.51. The highest BCUT2D eigenvalue weighted by atomic mass is 16.7. The number of nitrogens with zero attached hydrogens (tertiary/aromatic N) is 3. The number of hydrogen-bond donors (Lipinski definition) is 1. The largest absolute Gasteiger partial charge is 0.502 e. The van der Waals surface area contributed by atoms with Crippen molar-refractivity contribution in [1.29, 1.82) is 0 Å². The van der Waals surface area contributed by atoms with Gasteiger partial charge in [0, 0.05) is 19.3 Å². The number of ether oxygens (including phenoxy) is 1. The highest BCUT2D eigenvalue weighted by Gasteiger charge is 2.53. The van der Waals surface area contributed by atoms with E-state index in [1.807, 2.05) is 32.6 Å². The highest BCUT2D eigenvalue weighted by molar-refractivity contribution is 6.63. The normalized spacial score (nSPS) is 23.5. The van der Waals surface area contributed by atoms with Gasteiger partial charge in [-0.3, -0.25) is 0 Å². The average molecular weight is 307 g/mol. The van der Waals surface area contributed by atoms with Crippen LogP contribution in [0.5, 0.6) is 5.88 Å². The summed E-state index contributed by atoms with van der Waals surface area (Å²) in [5, 5.41) is 9.38. The monoisotopic (exact) mass is 307 g/mol. The molecule has 0 atom stereocenters. The molecule has 0 amide bonds. The van der Waals surface area contributed by atoms with Gasteiger partial charge in [-0.1, -0.05) is 0 Å². The van der Waals surface area contributed by atoms with Crippen LogP contribution < -0.4 is 15.1 Å². The van der Waals surface area contributed by atoms with Crippen LogP contribution in [0.4, 0.5) is 5.95 Å². The summed E-state index contributed by atoms with van der Waals surface area (Å²) in [7, 11) is 1.00. The standard InChI is InChI=1S/C14H22BN3O4/c1-13(2)14(3,4)22-15(21-13)10-6-16-12(17-11(10)20-5)18-7-9(19)8-18/h6,9,19H,7-8H2,1-5H3. The summed E-state index contributed by atoms with van der Waals surface area (Å²) in [6.45, 7) is 9.07. The SMILES string of the molecule is COc1nc(N2CC(O)C2)ncc1B1OC(C)(C)C(C)(C)O1. The molecule has 120 valence electrons. The van der Waals surface area contributed by atoms with Crippen molar-refractivity contribution in [3.05, 3.63) is 6.20 Å². The Balaban J connectivity index is 1.86. The smallest absolute Gasteiger partial charge is 0.481 e. The van der Waals surface area contributed by atoms with E-state index in [0.717, 1.165) is 0 Å². The zero-order valence-corrected chi connectivity index (χ0v) is 13.7. The molecule has 7 nitrogen and oxygen atoms in total. The van der Waals surface area contributed by atoms with Crippen LogP contribution in [0.3, 0.4) is 0 Å². The number of methoxy groups -OCH3 is 1. The van der Waals surface area contributed by atoms with Crippen LogP contribution >= 0.6 is 0 Å². The van der Waals surface area contributed by atoms with Gasteiger partial charge in [-0.2, -0.15) is 4.98 Å². The first-order valence-corrected chi connectivity index (χ1v) is 7.43. The van der Waals surface area contributed by atoms with Gasteiger partial charge in [0.1, 0.15) is 0 Å². The first-order chi connectivity index (χ1) is 10.2. The number of rotatable bonds is 3. The second-order valence-electron chi connectivity index (χ2n) is 6.78. The molecule has 1 N–H and O–H groups in total. The summed E-state index contributed by atoms with van der Waals surface area (Å²) in [4.78, 5) is 10.6. The van der Waals surface area contributed by atoms with Gasteiger partial charge in [-0.25, -0.2) is 4.98 Å². The fraction of sp³-hybridized carbons (Fsp3) is 0.714. The maximum Gasteiger partial charge on any atom is 0.502 e. The molecule has 0 unspecified atom stereocenters. The topological polar surface area (TPSA) is 76.9 Å². The van der Waals surface area contributed by atoms with E-state index < -0.39 is 18.3 Å². The average Bonchev–Trinajstić information content (AvgIpc) is 2.63. The van der Waals surface area contributed by atoms with Gasteiger partial charge in [0.25, 0.3) is 0 Å². The first kappa shape index (κ1) is 15.5. The summed E-state index contributed by atoms with van der Waals surface area (Å²) < 4.78 is 17.4. The van der Waals surface area contributed by atoms with Crippen molar-refractivity contribution in [3.8, 4) is 5.88 Å². The van der Waals surface area contributed by atoms with Crippen molar-refractivity contribution in [2.45, 2.75) is 45.0 Å². The Bertz CT molecular complexity index is 559. The lowest BCUT2D eigenvalue weighted by atomic mass is 9.81. The fourth-order valence-corrected chi connectivity index (χ4v) is 2.43. The molecule has 1 aromatic rings. The molecule has 2 aliphatic rings. The van der Waals surface area contributed by atoms with Gasteiger partial charge in [0.2, 0.25) is 11.8 Å². The van der Waals surface area contributed by atoms with Gasteiger partial charge in [-0.05, 0) is 27.7 Å². The number of anilines is 1. The van der Waals surface area contributed by atoms with Crippen molar-refractivity contribution in [2.75, 3.05) is 25.1 Å². The summed E-state index contributed by atoms with van der Waals surface area (Å²) in [5.74, 6) is 0.979. The van der Waals surface area contributed by atoms with Crippen LogP contribution in [0.1, 0.15) is 27.7 Å². The van der Waals surface area contributed by atoms with E-state index in [1.54, 1.807) is 13.3 Å². The molecular formula is C14H22BN3O4. The van der Waals surface area contributed by atoms with E-state index in [2.05, 4.69) is 9.97 Å². The Hall–Kier alpha value is -1.38. The number of aliphatic hydroxyl groups excluding tert-OH is 1. The number of aromatic nitrogens is 2. The molecule has 0 saturated carbocycles. The molecule has 3 rings (SSSR count). The van der Waals surface area contributed by atoms with Crippen LogP contribution in [-0.2, 0) is 9.31 Å². The van der Waals surface area contributed by atoms with E-state index in [1.165, 1.54) is 0 Å². The third-order valence-corrected chi connectivity index (χ3v) is 4.61. The first-order valence-electron chi connectivity index (χ1n) is 7.43. The van der Waals surface area contributed by atoms with E-state index in [-0.39, 0.29) is 6.10 Å². The van der Waals surface area contributed by atoms with Crippen LogP contribution in [0.2, 0.25) is 0 Å². The minimum absolute atomic E-state index is 0.308. The number of β-amino-alcohol motifs (C(OH)–C–C–N with tert-alkyl or cyclic N) is 1. The molecule has 22 heavy (non-hydrogen) atoms. The van der Waals surface area contributed by atoms with Gasteiger partial charge < -0.3 is 24.1 Å². The number of aliphatic hydroxyl groups is 1. The maximum atomic E-state index is 9.38. The third-order valence-electron chi connectivity index (χ3n) is 4.61. The van der Waals surface area contributed by atoms with E-state index >= 15 is 0 Å². The second-order valence-corrected chi connectivity index (χ2v) is 6.78. The van der Waals surface area contributed by atoms with E-state index in [4.69, 9.17) is 14.0 Å². The zero-order valence-electron chi connectivity index (χ0n) is 13.7. The Morgan fingerprint density at radius 2 is 1.86 bits per heavy atom. The fourth-order valence-electron chi connectivity index (χ4n) is 2.43. The highest BCUT2D eigenvalue weighted by Crippen LogP contribution is 2.37. The van der Waals surface area contributed by atoms with Crippen LogP contribution in [-0.4, -0.2) is 59.7 Å². The molecule has 0 spiro atoms. The molecule has 2 saturated heterocycles. The van der Waals surface area contributed by atoms with Crippen molar-refractivity contribution >= 4 is 18.5 Å². The Morgan fingerprint density at radius 3 is 2.36 bits per heavy atom. The van der Waals surface area contributed by atoms with Gasteiger partial charge in [0.05, 0.1) is 29.9 Å². The second kappa shape index (κ2) is 5.08. The van der Waals surface area contributed by atoms with Crippen LogP contribution in [0.25, 0.3) is 0 Å². The molecular weight excluding hydrogens is 285 g/mol. The maximum absolute atomic E-state index is 9.38. The molecule has 2 fully saturated rings. The summed E-state index contributed by atoms with van der Waals surface area (Å²) >= 11 is 0. The molecule has 8 heteroatoms. The molecule has 0 radical (unpaired) electrons. The van der Waals surface area contributed by atoms with Crippen LogP contribution in [0.15, 0.2) is 6.20 Å². The zero-order chi connectivity index (χ0) is 16.1. The van der Waals surface area contributed by atoms with Gasteiger partial charge >= 0.3 is 7.12 Å². The van der Waals surface area contributed by atoms with Crippen molar-refractivity contribution < 1.29 is 19.2 Å². The Labute approximate surface area is 130 Å². The predicted molar refractivity (Wildman–Crippen MR) is 82.5 cm³/mol. The summed E-state index contributed by atoms with van der Waals surface area (Å²) in [5.41, 5.74) is -0.183. The Morgan fingerprint density at radius 1 is 1.27 bits per heavy atom. The number of hydrogen-bond acceptors (Lipinski definition) is 7. The summed E-state index contributed by atoms with van der Waals surface area (Å²) in [6, 6.07) is 0. The van der Waals surface area contributed by atoms with E-state index in [0.29, 0.717) is 30.4 Å². The molecule has 0 bridgehead atoms. The molecule has 3 heterocycles. The summed E-state index contributed by atoms with van der Waals surface area (Å²) in [6.07, 6.45) is 1.37. The van der Waals surface area contributed by atoms with Crippen LogP contribution in [0, 0.1) is 0 Å². The minimum atomic E-state index is -0.559. The molecule has 0 aliphatic carbocycles. The van der Waals surface area contributed by atoms with E-state index in [9.17, 15) is 5.11 Å².